The maximum absolute atomic E-state index is 12.8. The first-order chi connectivity index (χ1) is 15.4. The van der Waals surface area contributed by atoms with Crippen LogP contribution in [0.4, 0.5) is 11.4 Å². The number of aromatic nitrogens is 4. The molecule has 10 heteroatoms. The number of anilines is 2. The Bertz CT molecular complexity index is 1270. The van der Waals surface area contributed by atoms with Crippen LogP contribution in [0.25, 0.3) is 11.2 Å². The lowest BCUT2D eigenvalue weighted by Crippen LogP contribution is -2.37. The lowest BCUT2D eigenvalue weighted by Gasteiger charge is -2.30. The highest BCUT2D eigenvalue weighted by Crippen LogP contribution is 2.29. The number of thioether (sulfide) groups is 1. The smallest absolute Gasteiger partial charge is 0.332 e. The third-order valence-corrected chi connectivity index (χ3v) is 6.81. The van der Waals surface area contributed by atoms with E-state index < -0.39 is 5.69 Å². The number of amides is 1. The Morgan fingerprint density at radius 3 is 2.53 bits per heavy atom. The molecule has 2 aromatic heterocycles. The topological polar surface area (TPSA) is 94.2 Å². The number of carbonyl (C=O) groups excluding carboxylic acids is 1. The van der Waals surface area contributed by atoms with E-state index in [1.807, 2.05) is 31.2 Å². The number of nitrogens with zero attached hydrogens (tertiary/aromatic N) is 5. The zero-order valence-corrected chi connectivity index (χ0v) is 19.4. The Balaban J connectivity index is 1.54. The molecule has 0 spiro atoms. The van der Waals surface area contributed by atoms with Gasteiger partial charge >= 0.3 is 5.69 Å². The van der Waals surface area contributed by atoms with Gasteiger partial charge in [-0.2, -0.15) is 0 Å². The molecule has 0 atom stereocenters. The summed E-state index contributed by atoms with van der Waals surface area (Å²) in [5, 5.41) is 3.57. The zero-order valence-electron chi connectivity index (χ0n) is 18.6. The number of rotatable bonds is 6. The fraction of sp³-hybridized carbons (Fsp3) is 0.455. The Morgan fingerprint density at radius 1 is 1.09 bits per heavy atom. The first kappa shape index (κ1) is 22.2. The number of hydrogen-bond acceptors (Lipinski definition) is 6. The van der Waals surface area contributed by atoms with E-state index in [4.69, 9.17) is 0 Å². The molecule has 0 aliphatic carbocycles. The van der Waals surface area contributed by atoms with Gasteiger partial charge in [0.25, 0.3) is 5.56 Å². The van der Waals surface area contributed by atoms with Crippen LogP contribution in [0.2, 0.25) is 0 Å². The number of hydrogen-bond donors (Lipinski definition) is 1. The molecule has 170 valence electrons. The molecule has 0 saturated carbocycles. The zero-order chi connectivity index (χ0) is 22.8. The number of benzene rings is 1. The van der Waals surface area contributed by atoms with Crippen molar-refractivity contribution in [3.05, 3.63) is 45.1 Å². The minimum absolute atomic E-state index is 0.143. The Hall–Kier alpha value is -3.01. The van der Waals surface area contributed by atoms with Gasteiger partial charge in [-0.15, -0.1) is 0 Å². The number of piperidine rings is 1. The van der Waals surface area contributed by atoms with Crippen molar-refractivity contribution < 1.29 is 4.79 Å². The van der Waals surface area contributed by atoms with Crippen LogP contribution in [0.3, 0.4) is 0 Å². The molecular weight excluding hydrogens is 428 g/mol. The maximum Gasteiger partial charge on any atom is 0.332 e. The van der Waals surface area contributed by atoms with Gasteiger partial charge < -0.3 is 14.8 Å². The van der Waals surface area contributed by atoms with E-state index in [1.165, 1.54) is 29.8 Å². The number of fused-ring (bicyclic) bond motifs is 1. The molecule has 1 saturated heterocycles. The van der Waals surface area contributed by atoms with Crippen LogP contribution in [0.15, 0.2) is 39.0 Å². The SMILES string of the molecule is CCn1c(SCC(=O)Nc2ccccc2N2CCCCC2)nc2c1c(=O)n(C)c(=O)n2C. The van der Waals surface area contributed by atoms with E-state index in [9.17, 15) is 14.4 Å². The summed E-state index contributed by atoms with van der Waals surface area (Å²) < 4.78 is 4.20. The first-order valence-electron chi connectivity index (χ1n) is 10.8. The highest BCUT2D eigenvalue weighted by molar-refractivity contribution is 7.99. The molecule has 1 aromatic carbocycles. The minimum atomic E-state index is -0.424. The summed E-state index contributed by atoms with van der Waals surface area (Å²) in [6, 6.07) is 7.87. The van der Waals surface area contributed by atoms with Gasteiger partial charge in [-0.1, -0.05) is 23.9 Å². The Morgan fingerprint density at radius 2 is 1.81 bits per heavy atom. The van der Waals surface area contributed by atoms with Gasteiger partial charge in [-0.25, -0.2) is 9.78 Å². The molecule has 32 heavy (non-hydrogen) atoms. The molecule has 1 aliphatic heterocycles. The van der Waals surface area contributed by atoms with Gasteiger partial charge in [0, 0.05) is 33.7 Å². The van der Waals surface area contributed by atoms with Gasteiger partial charge in [0.15, 0.2) is 16.3 Å². The van der Waals surface area contributed by atoms with Crippen molar-refractivity contribution in [2.75, 3.05) is 29.1 Å². The normalized spacial score (nSPS) is 14.2. The van der Waals surface area contributed by atoms with E-state index in [2.05, 4.69) is 15.2 Å². The molecule has 3 aromatic rings. The van der Waals surface area contributed by atoms with Gasteiger partial charge in [0.2, 0.25) is 5.91 Å². The van der Waals surface area contributed by atoms with Crippen LogP contribution in [0.1, 0.15) is 26.2 Å². The summed E-state index contributed by atoms with van der Waals surface area (Å²) in [6.45, 7) is 4.40. The molecule has 3 heterocycles. The van der Waals surface area contributed by atoms with Crippen molar-refractivity contribution in [1.29, 1.82) is 0 Å². The molecule has 1 fully saturated rings. The monoisotopic (exact) mass is 456 g/mol. The molecule has 0 unspecified atom stereocenters. The van der Waals surface area contributed by atoms with Crippen LogP contribution < -0.4 is 21.5 Å². The second-order valence-corrected chi connectivity index (χ2v) is 8.86. The second kappa shape index (κ2) is 9.23. The molecule has 0 radical (unpaired) electrons. The van der Waals surface area contributed by atoms with Gasteiger partial charge in [0.05, 0.1) is 17.1 Å². The van der Waals surface area contributed by atoms with Crippen molar-refractivity contribution >= 4 is 40.2 Å². The molecule has 1 amide bonds. The molecule has 4 rings (SSSR count). The maximum atomic E-state index is 12.8. The number of aryl methyl sites for hydroxylation is 2. The summed E-state index contributed by atoms with van der Waals surface area (Å²) in [5.74, 6) is 0.00213. The number of para-hydroxylation sites is 2. The molecule has 1 aliphatic rings. The summed E-state index contributed by atoms with van der Waals surface area (Å²) >= 11 is 1.26. The fourth-order valence-corrected chi connectivity index (χ4v) is 5.00. The van der Waals surface area contributed by atoms with Crippen molar-refractivity contribution in [3.63, 3.8) is 0 Å². The van der Waals surface area contributed by atoms with Crippen LogP contribution >= 0.6 is 11.8 Å². The Labute approximate surface area is 190 Å². The minimum Gasteiger partial charge on any atom is -0.370 e. The van der Waals surface area contributed by atoms with Crippen LogP contribution in [-0.2, 0) is 25.4 Å². The van der Waals surface area contributed by atoms with Crippen LogP contribution in [0.5, 0.6) is 0 Å². The van der Waals surface area contributed by atoms with E-state index in [-0.39, 0.29) is 17.2 Å². The number of nitrogens with one attached hydrogen (secondary N) is 1. The number of carbonyl (C=O) groups is 1. The average molecular weight is 457 g/mol. The largest absolute Gasteiger partial charge is 0.370 e. The quantitative estimate of drug-likeness (QED) is 0.572. The van der Waals surface area contributed by atoms with Crippen molar-refractivity contribution in [3.8, 4) is 0 Å². The molecular formula is C22H28N6O3S. The predicted molar refractivity (Wildman–Crippen MR) is 128 cm³/mol. The van der Waals surface area contributed by atoms with Gasteiger partial charge in [0.1, 0.15) is 0 Å². The van der Waals surface area contributed by atoms with E-state index in [1.54, 1.807) is 11.6 Å². The van der Waals surface area contributed by atoms with E-state index in [0.29, 0.717) is 22.9 Å². The van der Waals surface area contributed by atoms with Crippen molar-refractivity contribution in [1.82, 2.24) is 18.7 Å². The standard InChI is InChI=1S/C22H28N6O3S/c1-4-28-18-19(25(2)22(31)26(3)20(18)30)24-21(28)32-14-17(29)23-15-10-6-7-11-16(15)27-12-8-5-9-13-27/h6-7,10-11H,4-5,8-9,12-14H2,1-3H3,(H,23,29). The summed E-state index contributed by atoms with van der Waals surface area (Å²) in [4.78, 5) is 44.5. The van der Waals surface area contributed by atoms with E-state index >= 15 is 0 Å². The van der Waals surface area contributed by atoms with Crippen molar-refractivity contribution in [2.45, 2.75) is 37.9 Å². The van der Waals surface area contributed by atoms with Gasteiger partial charge in [-0.05, 0) is 38.3 Å². The Kier molecular flexibility index (Phi) is 6.40. The molecule has 0 bridgehead atoms. The number of imidazole rings is 1. The lowest BCUT2D eigenvalue weighted by molar-refractivity contribution is -0.113. The third kappa shape index (κ3) is 4.06. The summed E-state index contributed by atoms with van der Waals surface area (Å²) in [6.07, 6.45) is 3.56. The lowest BCUT2D eigenvalue weighted by atomic mass is 10.1. The second-order valence-electron chi connectivity index (χ2n) is 7.92. The average Bonchev–Trinajstić information content (AvgIpc) is 3.19. The highest BCUT2D eigenvalue weighted by Gasteiger charge is 2.20. The van der Waals surface area contributed by atoms with Crippen LogP contribution in [0, 0.1) is 0 Å². The highest BCUT2D eigenvalue weighted by atomic mass is 32.2. The van der Waals surface area contributed by atoms with E-state index in [0.717, 1.165) is 41.9 Å². The van der Waals surface area contributed by atoms with Crippen LogP contribution in [-0.4, -0.2) is 43.4 Å². The van der Waals surface area contributed by atoms with Gasteiger partial charge in [-0.3, -0.25) is 18.7 Å². The third-order valence-electron chi connectivity index (χ3n) is 5.84. The molecule has 1 N–H and O–H groups in total. The van der Waals surface area contributed by atoms with Crippen molar-refractivity contribution in [2.24, 2.45) is 14.1 Å². The molecule has 9 nitrogen and oxygen atoms in total. The summed E-state index contributed by atoms with van der Waals surface area (Å²) in [5.41, 5.74) is 1.75. The fourth-order valence-electron chi connectivity index (χ4n) is 4.14. The predicted octanol–water partition coefficient (Wildman–Crippen LogP) is 2.17. The summed E-state index contributed by atoms with van der Waals surface area (Å²) in [7, 11) is 3.05. The first-order valence-corrected chi connectivity index (χ1v) is 11.8.